The van der Waals surface area contributed by atoms with Crippen LogP contribution in [0.4, 0.5) is 5.69 Å². The van der Waals surface area contributed by atoms with Crippen LogP contribution in [0.3, 0.4) is 0 Å². The summed E-state index contributed by atoms with van der Waals surface area (Å²) >= 11 is 3.22. The Labute approximate surface area is 162 Å². The standard InChI is InChI=1S/C19H22N4OS2/c1-3-4-9-22-17(24)16-15(8-10-25-16)23-18(22)20-21-19(23)26-12-14-7-5-6-13(2)11-14/h5-8,10-11,18,20H,3-4,9,12H2,1-2H3. The molecule has 1 unspecified atom stereocenters. The van der Waals surface area contributed by atoms with Crippen LogP contribution in [0.25, 0.3) is 0 Å². The zero-order chi connectivity index (χ0) is 18.1. The Kier molecular flexibility index (Phi) is 4.91. The maximum Gasteiger partial charge on any atom is 0.269 e. The van der Waals surface area contributed by atoms with E-state index in [0.29, 0.717) is 0 Å². The van der Waals surface area contributed by atoms with Crippen molar-refractivity contribution in [2.75, 3.05) is 11.4 Å². The highest BCUT2D eigenvalue weighted by molar-refractivity contribution is 8.13. The van der Waals surface area contributed by atoms with Gasteiger partial charge in [0.15, 0.2) is 5.17 Å². The van der Waals surface area contributed by atoms with E-state index in [-0.39, 0.29) is 12.2 Å². The average molecular weight is 387 g/mol. The molecule has 1 amide bonds. The van der Waals surface area contributed by atoms with Crippen LogP contribution in [0, 0.1) is 6.92 Å². The number of hydrazone groups is 1. The monoisotopic (exact) mass is 386 g/mol. The minimum atomic E-state index is -0.212. The summed E-state index contributed by atoms with van der Waals surface area (Å²) in [6.45, 7) is 5.00. The third kappa shape index (κ3) is 3.10. The number of amidine groups is 1. The second-order valence-electron chi connectivity index (χ2n) is 6.53. The van der Waals surface area contributed by atoms with Gasteiger partial charge >= 0.3 is 0 Å². The van der Waals surface area contributed by atoms with Crippen molar-refractivity contribution in [3.8, 4) is 0 Å². The van der Waals surface area contributed by atoms with E-state index in [0.717, 1.165) is 40.9 Å². The topological polar surface area (TPSA) is 47.9 Å². The van der Waals surface area contributed by atoms with Crippen LogP contribution in [0.15, 0.2) is 40.8 Å². The lowest BCUT2D eigenvalue weighted by molar-refractivity contribution is 0.0644. The second kappa shape index (κ2) is 7.32. The molecule has 0 radical (unpaired) electrons. The summed E-state index contributed by atoms with van der Waals surface area (Å²) in [6.07, 6.45) is 1.84. The molecule has 1 aromatic carbocycles. The van der Waals surface area contributed by atoms with Crippen LogP contribution in [0.1, 0.15) is 40.6 Å². The van der Waals surface area contributed by atoms with Crippen molar-refractivity contribution in [1.29, 1.82) is 0 Å². The molecule has 0 bridgehead atoms. The summed E-state index contributed by atoms with van der Waals surface area (Å²) < 4.78 is 0. The first-order valence-corrected chi connectivity index (χ1v) is 10.7. The number of rotatable bonds is 5. The fourth-order valence-electron chi connectivity index (χ4n) is 3.27. The van der Waals surface area contributed by atoms with E-state index in [9.17, 15) is 4.79 Å². The summed E-state index contributed by atoms with van der Waals surface area (Å²) in [5.41, 5.74) is 6.70. The van der Waals surface area contributed by atoms with Crippen LogP contribution in [0.2, 0.25) is 0 Å². The predicted octanol–water partition coefficient (Wildman–Crippen LogP) is 4.21. The van der Waals surface area contributed by atoms with Crippen LogP contribution in [-0.4, -0.2) is 28.8 Å². The van der Waals surface area contributed by atoms with Crippen LogP contribution >= 0.6 is 23.1 Å². The lowest BCUT2D eigenvalue weighted by atomic mass is 10.2. The number of aryl methyl sites for hydroxylation is 1. The Hall–Kier alpha value is -1.99. The highest BCUT2D eigenvalue weighted by Gasteiger charge is 2.43. The molecule has 0 spiro atoms. The summed E-state index contributed by atoms with van der Waals surface area (Å²) in [4.78, 5) is 17.8. The molecule has 0 fully saturated rings. The van der Waals surface area contributed by atoms with Crippen molar-refractivity contribution >= 4 is 39.9 Å². The predicted molar refractivity (Wildman–Crippen MR) is 110 cm³/mol. The van der Waals surface area contributed by atoms with Gasteiger partial charge in [-0.25, -0.2) is 0 Å². The van der Waals surface area contributed by atoms with Crippen LogP contribution in [-0.2, 0) is 5.75 Å². The fourth-order valence-corrected chi connectivity index (χ4v) is 5.04. The van der Waals surface area contributed by atoms with Gasteiger partial charge in [-0.2, -0.15) is 5.10 Å². The van der Waals surface area contributed by atoms with Crippen molar-refractivity contribution in [1.82, 2.24) is 10.3 Å². The number of benzene rings is 1. The molecule has 1 aromatic heterocycles. The molecule has 2 aliphatic rings. The number of thiophene rings is 1. The van der Waals surface area contributed by atoms with Gasteiger partial charge in [0.05, 0.1) is 5.69 Å². The number of fused-ring (bicyclic) bond motifs is 3. The van der Waals surface area contributed by atoms with Gasteiger partial charge in [-0.05, 0) is 30.4 Å². The van der Waals surface area contributed by atoms with E-state index in [2.05, 4.69) is 53.5 Å². The number of carbonyl (C=O) groups excluding carboxylic acids is 1. The molecule has 4 rings (SSSR count). The van der Waals surface area contributed by atoms with Gasteiger partial charge in [0, 0.05) is 12.3 Å². The zero-order valence-corrected chi connectivity index (χ0v) is 16.6. The number of hydrogen-bond donors (Lipinski definition) is 1. The molecule has 3 heterocycles. The van der Waals surface area contributed by atoms with Crippen molar-refractivity contribution in [3.05, 3.63) is 51.7 Å². The molecule has 26 heavy (non-hydrogen) atoms. The molecular weight excluding hydrogens is 364 g/mol. The second-order valence-corrected chi connectivity index (χ2v) is 8.39. The van der Waals surface area contributed by atoms with E-state index in [4.69, 9.17) is 0 Å². The normalized spacial score (nSPS) is 18.5. The van der Waals surface area contributed by atoms with Gasteiger partial charge < -0.3 is 0 Å². The van der Waals surface area contributed by atoms with E-state index in [1.807, 2.05) is 16.3 Å². The minimum absolute atomic E-state index is 0.109. The molecule has 2 aromatic rings. The summed E-state index contributed by atoms with van der Waals surface area (Å²) in [5, 5.41) is 7.47. The number of anilines is 1. The van der Waals surface area contributed by atoms with Crippen molar-refractivity contribution in [2.45, 2.75) is 38.7 Å². The SMILES string of the molecule is CCCCN1C(=O)c2sccc2N2C(SCc3cccc(C)c3)=NNC12. The number of amides is 1. The molecule has 0 saturated carbocycles. The molecule has 1 N–H and O–H groups in total. The number of unbranched alkanes of at least 4 members (excludes halogenated alkanes) is 1. The van der Waals surface area contributed by atoms with Gasteiger partial charge in [-0.1, -0.05) is 54.9 Å². The largest absolute Gasteiger partial charge is 0.298 e. The van der Waals surface area contributed by atoms with E-state index in [1.165, 1.54) is 22.5 Å². The number of thioether (sulfide) groups is 1. The molecule has 7 heteroatoms. The Bertz CT molecular complexity index is 848. The Balaban J connectivity index is 1.56. The quantitative estimate of drug-likeness (QED) is 0.836. The first-order chi connectivity index (χ1) is 12.7. The molecular formula is C19H22N4OS2. The summed E-state index contributed by atoms with van der Waals surface area (Å²) in [7, 11) is 0. The molecule has 136 valence electrons. The zero-order valence-electron chi connectivity index (χ0n) is 14.9. The van der Waals surface area contributed by atoms with E-state index < -0.39 is 0 Å². The lowest BCUT2D eigenvalue weighted by Crippen LogP contribution is -2.58. The van der Waals surface area contributed by atoms with E-state index >= 15 is 0 Å². The first kappa shape index (κ1) is 17.4. The maximum absolute atomic E-state index is 12.9. The third-order valence-corrected chi connectivity index (χ3v) is 6.50. The third-order valence-electron chi connectivity index (χ3n) is 4.58. The van der Waals surface area contributed by atoms with E-state index in [1.54, 1.807) is 11.8 Å². The minimum Gasteiger partial charge on any atom is -0.298 e. The summed E-state index contributed by atoms with van der Waals surface area (Å²) in [6, 6.07) is 10.6. The summed E-state index contributed by atoms with van der Waals surface area (Å²) in [5.74, 6) is 0.964. The smallest absolute Gasteiger partial charge is 0.269 e. The van der Waals surface area contributed by atoms with Crippen molar-refractivity contribution in [3.63, 3.8) is 0 Å². The molecule has 2 aliphatic heterocycles. The highest BCUT2D eigenvalue weighted by Crippen LogP contribution is 2.38. The fraction of sp³-hybridized carbons (Fsp3) is 0.368. The van der Waals surface area contributed by atoms with Crippen molar-refractivity contribution in [2.24, 2.45) is 5.10 Å². The molecule has 0 saturated heterocycles. The lowest BCUT2D eigenvalue weighted by Gasteiger charge is -2.39. The number of nitrogens with one attached hydrogen (secondary N) is 1. The van der Waals surface area contributed by atoms with Crippen molar-refractivity contribution < 1.29 is 4.79 Å². The van der Waals surface area contributed by atoms with Gasteiger partial charge in [0.25, 0.3) is 5.91 Å². The molecule has 1 atom stereocenters. The number of nitrogens with zero attached hydrogens (tertiary/aromatic N) is 3. The molecule has 0 aliphatic carbocycles. The van der Waals surface area contributed by atoms with Gasteiger partial charge in [0.2, 0.25) is 6.29 Å². The number of hydrogen-bond acceptors (Lipinski definition) is 6. The maximum atomic E-state index is 12.9. The molecule has 5 nitrogen and oxygen atoms in total. The first-order valence-electron chi connectivity index (χ1n) is 8.88. The van der Waals surface area contributed by atoms with Gasteiger partial charge in [-0.3, -0.25) is 20.0 Å². The van der Waals surface area contributed by atoms with Crippen LogP contribution in [0.5, 0.6) is 0 Å². The van der Waals surface area contributed by atoms with Gasteiger partial charge in [0.1, 0.15) is 4.88 Å². The van der Waals surface area contributed by atoms with Gasteiger partial charge in [-0.15, -0.1) is 11.3 Å². The Morgan fingerprint density at radius 2 is 2.23 bits per heavy atom. The Morgan fingerprint density at radius 3 is 3.04 bits per heavy atom. The Morgan fingerprint density at radius 1 is 1.35 bits per heavy atom. The number of carbonyl (C=O) groups is 1. The average Bonchev–Trinajstić information content (AvgIpc) is 3.27. The highest BCUT2D eigenvalue weighted by atomic mass is 32.2. The van der Waals surface area contributed by atoms with Crippen LogP contribution < -0.4 is 10.3 Å².